The van der Waals surface area contributed by atoms with E-state index < -0.39 is 0 Å². The molecule has 33 heavy (non-hydrogen) atoms. The Morgan fingerprint density at radius 2 is 1.97 bits per heavy atom. The molecule has 5 rings (SSSR count). The summed E-state index contributed by atoms with van der Waals surface area (Å²) in [5, 5.41) is 9.63. The molecule has 0 unspecified atom stereocenters. The van der Waals surface area contributed by atoms with Gasteiger partial charge >= 0.3 is 0 Å². The van der Waals surface area contributed by atoms with E-state index in [1.807, 2.05) is 33.9 Å². The monoisotopic (exact) mass is 483 g/mol. The number of rotatable bonds is 6. The van der Waals surface area contributed by atoms with E-state index in [9.17, 15) is 4.79 Å². The average molecular weight is 484 g/mol. The van der Waals surface area contributed by atoms with E-state index in [-0.39, 0.29) is 5.91 Å². The third kappa shape index (κ3) is 4.77. The lowest BCUT2D eigenvalue weighted by Crippen LogP contribution is -2.49. The van der Waals surface area contributed by atoms with E-state index in [1.54, 1.807) is 12.4 Å². The molecule has 174 valence electrons. The van der Waals surface area contributed by atoms with Crippen molar-refractivity contribution < 1.29 is 4.79 Å². The highest BCUT2D eigenvalue weighted by molar-refractivity contribution is 7.99. The number of carbonyl (C=O) groups excluding carboxylic acids is 1. The lowest BCUT2D eigenvalue weighted by Gasteiger charge is -2.34. The summed E-state index contributed by atoms with van der Waals surface area (Å²) in [6.07, 6.45) is 8.39. The third-order valence-electron chi connectivity index (χ3n) is 6.61. The molecule has 4 heterocycles. The van der Waals surface area contributed by atoms with Crippen molar-refractivity contribution in [2.24, 2.45) is 13.0 Å². The average Bonchev–Trinajstić information content (AvgIpc) is 3.45. The minimum Gasteiger partial charge on any atom is -0.338 e. The number of thiophene rings is 1. The number of aryl methyl sites for hydroxylation is 1. The van der Waals surface area contributed by atoms with Crippen LogP contribution in [0.5, 0.6) is 0 Å². The predicted octanol–water partition coefficient (Wildman–Crippen LogP) is 3.29. The molecule has 0 radical (unpaired) electrons. The molecule has 1 fully saturated rings. The molecular formula is C23H29N7OS2. The van der Waals surface area contributed by atoms with Gasteiger partial charge in [-0.15, -0.1) is 21.5 Å². The SMILES string of the molecule is CC[C@H]1CCc2sc(-c3nnc(SCC(=O)N4CCN(c5ncccn5)CC4)n3C)cc2C1. The highest BCUT2D eigenvalue weighted by Gasteiger charge is 2.25. The van der Waals surface area contributed by atoms with Crippen molar-refractivity contribution in [2.45, 2.75) is 37.8 Å². The number of carbonyl (C=O) groups is 1. The number of thioether (sulfide) groups is 1. The first-order valence-electron chi connectivity index (χ1n) is 11.6. The fraction of sp³-hybridized carbons (Fsp3) is 0.522. The van der Waals surface area contributed by atoms with Gasteiger partial charge in [0.2, 0.25) is 11.9 Å². The first-order chi connectivity index (χ1) is 16.1. The molecule has 8 nitrogen and oxygen atoms in total. The standard InChI is InChI=1S/C23H29N7OS2/c1-3-16-5-6-18-17(13-16)14-19(33-18)21-26-27-23(28(21)2)32-15-20(31)29-9-11-30(12-10-29)22-24-7-4-8-25-22/h4,7-8,14,16H,3,5-6,9-13,15H2,1-2H3/t16-/m0/s1. The predicted molar refractivity (Wildman–Crippen MR) is 132 cm³/mol. The summed E-state index contributed by atoms with van der Waals surface area (Å²) in [5.41, 5.74) is 1.49. The van der Waals surface area contributed by atoms with Crippen molar-refractivity contribution in [3.8, 4) is 10.7 Å². The van der Waals surface area contributed by atoms with E-state index in [1.165, 1.54) is 52.8 Å². The Balaban J connectivity index is 1.17. The smallest absolute Gasteiger partial charge is 0.233 e. The van der Waals surface area contributed by atoms with Gasteiger partial charge in [0.15, 0.2) is 11.0 Å². The van der Waals surface area contributed by atoms with Crippen LogP contribution in [0.2, 0.25) is 0 Å². The number of anilines is 1. The number of aromatic nitrogens is 5. The van der Waals surface area contributed by atoms with Crippen LogP contribution in [-0.4, -0.2) is 67.5 Å². The number of piperazine rings is 1. The van der Waals surface area contributed by atoms with Crippen LogP contribution in [0.15, 0.2) is 29.7 Å². The van der Waals surface area contributed by atoms with Crippen molar-refractivity contribution in [1.29, 1.82) is 0 Å². The lowest BCUT2D eigenvalue weighted by atomic mass is 9.87. The number of amides is 1. The van der Waals surface area contributed by atoms with Crippen LogP contribution in [0.25, 0.3) is 10.7 Å². The quantitative estimate of drug-likeness (QED) is 0.498. The van der Waals surface area contributed by atoms with E-state index in [0.717, 1.165) is 35.9 Å². The summed E-state index contributed by atoms with van der Waals surface area (Å²) in [4.78, 5) is 28.1. The molecule has 0 aromatic carbocycles. The van der Waals surface area contributed by atoms with Gasteiger partial charge in [0.25, 0.3) is 0 Å². The Bertz CT molecular complexity index is 1110. The second-order valence-corrected chi connectivity index (χ2v) is 10.7. The fourth-order valence-electron chi connectivity index (χ4n) is 4.54. The summed E-state index contributed by atoms with van der Waals surface area (Å²) >= 11 is 3.32. The molecule has 0 spiro atoms. The Hall–Kier alpha value is -2.46. The van der Waals surface area contributed by atoms with Gasteiger partial charge in [-0.25, -0.2) is 9.97 Å². The normalized spacial score (nSPS) is 18.4. The maximum atomic E-state index is 12.8. The van der Waals surface area contributed by atoms with Crippen LogP contribution in [0, 0.1) is 5.92 Å². The Labute approximate surface area is 202 Å². The second-order valence-electron chi connectivity index (χ2n) is 8.65. The molecule has 0 bridgehead atoms. The van der Waals surface area contributed by atoms with Gasteiger partial charge in [-0.2, -0.15) is 0 Å². The maximum Gasteiger partial charge on any atom is 0.233 e. The summed E-state index contributed by atoms with van der Waals surface area (Å²) in [5.74, 6) is 2.93. The summed E-state index contributed by atoms with van der Waals surface area (Å²) < 4.78 is 2.03. The summed E-state index contributed by atoms with van der Waals surface area (Å²) in [7, 11) is 1.99. The van der Waals surface area contributed by atoms with Crippen molar-refractivity contribution in [1.82, 2.24) is 29.6 Å². The molecule has 1 aliphatic heterocycles. The van der Waals surface area contributed by atoms with Crippen LogP contribution in [0.1, 0.15) is 30.2 Å². The number of fused-ring (bicyclic) bond motifs is 1. The van der Waals surface area contributed by atoms with Crippen molar-refractivity contribution >= 4 is 35.0 Å². The molecule has 0 saturated carbocycles. The molecule has 0 N–H and O–H groups in total. The lowest BCUT2D eigenvalue weighted by molar-refractivity contribution is -0.128. The molecule has 10 heteroatoms. The van der Waals surface area contributed by atoms with Gasteiger partial charge in [0.05, 0.1) is 10.6 Å². The Kier molecular flexibility index (Phi) is 6.64. The molecule has 3 aromatic rings. The highest BCUT2D eigenvalue weighted by atomic mass is 32.2. The van der Waals surface area contributed by atoms with Gasteiger partial charge in [0, 0.05) is 50.5 Å². The first kappa shape index (κ1) is 22.3. The minimum atomic E-state index is 0.135. The van der Waals surface area contributed by atoms with Crippen LogP contribution < -0.4 is 4.90 Å². The molecular weight excluding hydrogens is 454 g/mol. The largest absolute Gasteiger partial charge is 0.338 e. The minimum absolute atomic E-state index is 0.135. The van der Waals surface area contributed by atoms with Crippen LogP contribution >= 0.6 is 23.1 Å². The first-order valence-corrected chi connectivity index (χ1v) is 13.4. The fourth-order valence-corrected chi connectivity index (χ4v) is 6.58. The number of nitrogens with zero attached hydrogens (tertiary/aromatic N) is 7. The van der Waals surface area contributed by atoms with Crippen molar-refractivity contribution in [3.63, 3.8) is 0 Å². The van der Waals surface area contributed by atoms with E-state index in [0.29, 0.717) is 18.8 Å². The van der Waals surface area contributed by atoms with Gasteiger partial charge in [0.1, 0.15) is 0 Å². The summed E-state index contributed by atoms with van der Waals surface area (Å²) in [6.45, 7) is 5.14. The van der Waals surface area contributed by atoms with E-state index in [2.05, 4.69) is 38.1 Å². The maximum absolute atomic E-state index is 12.8. The van der Waals surface area contributed by atoms with Crippen LogP contribution in [-0.2, 0) is 24.7 Å². The molecule has 1 aliphatic carbocycles. The second kappa shape index (κ2) is 9.80. The molecule has 1 saturated heterocycles. The van der Waals surface area contributed by atoms with Gasteiger partial charge in [-0.1, -0.05) is 25.1 Å². The van der Waals surface area contributed by atoms with Crippen molar-refractivity contribution in [2.75, 3.05) is 36.8 Å². The van der Waals surface area contributed by atoms with E-state index >= 15 is 0 Å². The Morgan fingerprint density at radius 3 is 2.73 bits per heavy atom. The third-order valence-corrected chi connectivity index (χ3v) is 8.85. The topological polar surface area (TPSA) is 80.0 Å². The van der Waals surface area contributed by atoms with Gasteiger partial charge < -0.3 is 14.4 Å². The van der Waals surface area contributed by atoms with Crippen LogP contribution in [0.3, 0.4) is 0 Å². The number of hydrogen-bond donors (Lipinski definition) is 0. The zero-order chi connectivity index (χ0) is 22.8. The molecule has 3 aromatic heterocycles. The summed E-state index contributed by atoms with van der Waals surface area (Å²) in [6, 6.07) is 4.12. The van der Waals surface area contributed by atoms with Gasteiger partial charge in [-0.05, 0) is 42.9 Å². The zero-order valence-corrected chi connectivity index (χ0v) is 20.7. The zero-order valence-electron chi connectivity index (χ0n) is 19.1. The van der Waals surface area contributed by atoms with Gasteiger partial charge in [-0.3, -0.25) is 4.79 Å². The highest BCUT2D eigenvalue weighted by Crippen LogP contribution is 2.38. The number of hydrogen-bond acceptors (Lipinski definition) is 8. The molecule has 1 atom stereocenters. The Morgan fingerprint density at radius 1 is 1.18 bits per heavy atom. The molecule has 2 aliphatic rings. The van der Waals surface area contributed by atoms with Crippen LogP contribution in [0.4, 0.5) is 5.95 Å². The van der Waals surface area contributed by atoms with Crippen molar-refractivity contribution in [3.05, 3.63) is 35.0 Å². The van der Waals surface area contributed by atoms with E-state index in [4.69, 9.17) is 0 Å². The molecule has 1 amide bonds.